The number of nitrogens with one attached hydrogen (secondary N) is 1. The Balaban J connectivity index is 2.29. The van der Waals surface area contributed by atoms with Gasteiger partial charge in [0.05, 0.1) is 0 Å². The summed E-state index contributed by atoms with van der Waals surface area (Å²) < 4.78 is 14.5. The van der Waals surface area contributed by atoms with Crippen LogP contribution in [-0.2, 0) is 4.79 Å². The average molecular weight is 403 g/mol. The molecular weight excluding hydrogens is 393 g/mol. The molecule has 2 aromatic rings. The molecule has 0 fully saturated rings. The molecule has 1 atom stereocenters. The zero-order valence-electron chi connectivity index (χ0n) is 10.1. The van der Waals surface area contributed by atoms with Crippen molar-refractivity contribution >= 4 is 43.5 Å². The molecule has 2 rings (SSSR count). The van der Waals surface area contributed by atoms with Gasteiger partial charge in [-0.2, -0.15) is 0 Å². The molecule has 1 unspecified atom stereocenters. The first-order valence-corrected chi connectivity index (χ1v) is 7.26. The van der Waals surface area contributed by atoms with Crippen molar-refractivity contribution in [2.75, 3.05) is 5.32 Å². The van der Waals surface area contributed by atoms with E-state index >= 15 is 0 Å². The van der Waals surface area contributed by atoms with Crippen LogP contribution in [0.25, 0.3) is 0 Å². The van der Waals surface area contributed by atoms with E-state index in [-0.39, 0.29) is 5.82 Å². The first-order valence-electron chi connectivity index (χ1n) is 5.67. The van der Waals surface area contributed by atoms with Crippen molar-refractivity contribution in [2.45, 2.75) is 6.04 Å². The normalized spacial score (nSPS) is 11.9. The number of anilines is 1. The number of benzene rings is 2. The van der Waals surface area contributed by atoms with Gasteiger partial charge in [-0.15, -0.1) is 0 Å². The summed E-state index contributed by atoms with van der Waals surface area (Å²) in [6, 6.07) is 9.84. The number of carboxylic acid groups (broad SMARTS) is 1. The lowest BCUT2D eigenvalue weighted by Gasteiger charge is -2.16. The standard InChI is InChI=1S/C14H10Br2FNO2/c15-11-6-1-8(7-12(11)16)13(14(19)20)18-10-4-2-9(17)3-5-10/h1-7,13,18H,(H,19,20). The first-order chi connectivity index (χ1) is 9.47. The van der Waals surface area contributed by atoms with E-state index in [1.807, 2.05) is 0 Å². The van der Waals surface area contributed by atoms with Gasteiger partial charge >= 0.3 is 5.97 Å². The molecule has 6 heteroatoms. The molecule has 20 heavy (non-hydrogen) atoms. The molecule has 0 bridgehead atoms. The Labute approximate surface area is 132 Å². The van der Waals surface area contributed by atoms with Crippen LogP contribution in [0.4, 0.5) is 10.1 Å². The molecule has 0 saturated carbocycles. The highest BCUT2D eigenvalue weighted by Crippen LogP contribution is 2.28. The first kappa shape index (κ1) is 15.0. The molecule has 0 amide bonds. The van der Waals surface area contributed by atoms with Crippen LogP contribution in [0, 0.1) is 5.82 Å². The highest BCUT2D eigenvalue weighted by molar-refractivity contribution is 9.13. The topological polar surface area (TPSA) is 49.3 Å². The number of hydrogen-bond donors (Lipinski definition) is 2. The summed E-state index contributed by atoms with van der Waals surface area (Å²) in [6.07, 6.45) is 0. The monoisotopic (exact) mass is 401 g/mol. The van der Waals surface area contributed by atoms with Crippen molar-refractivity contribution in [1.29, 1.82) is 0 Å². The Hall–Kier alpha value is -1.40. The van der Waals surface area contributed by atoms with Gasteiger partial charge in [0, 0.05) is 14.6 Å². The van der Waals surface area contributed by atoms with Crippen LogP contribution in [0.1, 0.15) is 11.6 Å². The Morgan fingerprint density at radius 2 is 1.75 bits per heavy atom. The van der Waals surface area contributed by atoms with E-state index in [9.17, 15) is 14.3 Å². The van der Waals surface area contributed by atoms with Gasteiger partial charge in [0.25, 0.3) is 0 Å². The maximum atomic E-state index is 12.8. The zero-order valence-corrected chi connectivity index (χ0v) is 13.3. The van der Waals surface area contributed by atoms with Crippen molar-refractivity contribution in [2.24, 2.45) is 0 Å². The summed E-state index contributed by atoms with van der Waals surface area (Å²) in [5.41, 5.74) is 1.13. The van der Waals surface area contributed by atoms with Gasteiger partial charge in [0.1, 0.15) is 5.82 Å². The van der Waals surface area contributed by atoms with Crippen LogP contribution < -0.4 is 5.32 Å². The summed E-state index contributed by atoms with van der Waals surface area (Å²) in [5, 5.41) is 12.2. The second-order valence-corrected chi connectivity index (χ2v) is 5.80. The lowest BCUT2D eigenvalue weighted by atomic mass is 10.1. The van der Waals surface area contributed by atoms with Crippen molar-refractivity contribution in [1.82, 2.24) is 0 Å². The fourth-order valence-corrected chi connectivity index (χ4v) is 2.34. The molecule has 0 aliphatic rings. The third kappa shape index (κ3) is 3.58. The van der Waals surface area contributed by atoms with Crippen LogP contribution in [0.5, 0.6) is 0 Å². The largest absolute Gasteiger partial charge is 0.479 e. The van der Waals surface area contributed by atoms with Crippen LogP contribution >= 0.6 is 31.9 Å². The third-order valence-corrected chi connectivity index (χ3v) is 4.56. The molecule has 0 spiro atoms. The predicted octanol–water partition coefficient (Wildman–Crippen LogP) is 4.59. The maximum Gasteiger partial charge on any atom is 0.330 e. The lowest BCUT2D eigenvalue weighted by Crippen LogP contribution is -2.20. The van der Waals surface area contributed by atoms with E-state index in [4.69, 9.17) is 0 Å². The smallest absolute Gasteiger partial charge is 0.330 e. The predicted molar refractivity (Wildman–Crippen MR) is 82.2 cm³/mol. The van der Waals surface area contributed by atoms with Gasteiger partial charge in [0.2, 0.25) is 0 Å². The van der Waals surface area contributed by atoms with Gasteiger partial charge in [-0.25, -0.2) is 9.18 Å². The maximum absolute atomic E-state index is 12.8. The summed E-state index contributed by atoms with van der Waals surface area (Å²) in [7, 11) is 0. The summed E-state index contributed by atoms with van der Waals surface area (Å²) in [4.78, 5) is 11.4. The van der Waals surface area contributed by atoms with Crippen molar-refractivity contribution in [3.8, 4) is 0 Å². The SMILES string of the molecule is O=C(O)C(Nc1ccc(F)cc1)c1ccc(Br)c(Br)c1. The fraction of sp³-hybridized carbons (Fsp3) is 0.0714. The van der Waals surface area contributed by atoms with E-state index in [2.05, 4.69) is 37.2 Å². The van der Waals surface area contributed by atoms with E-state index in [0.717, 1.165) is 8.95 Å². The summed E-state index contributed by atoms with van der Waals surface area (Å²) in [5.74, 6) is -1.38. The second kappa shape index (κ2) is 6.37. The Bertz CT molecular complexity index is 632. The molecule has 0 radical (unpaired) electrons. The van der Waals surface area contributed by atoms with Gasteiger partial charge < -0.3 is 10.4 Å². The fourth-order valence-electron chi connectivity index (χ4n) is 1.69. The second-order valence-electron chi connectivity index (χ2n) is 4.10. The van der Waals surface area contributed by atoms with Crippen LogP contribution in [-0.4, -0.2) is 11.1 Å². The van der Waals surface area contributed by atoms with E-state index in [0.29, 0.717) is 11.3 Å². The molecule has 2 N–H and O–H groups in total. The number of rotatable bonds is 4. The van der Waals surface area contributed by atoms with Gasteiger partial charge in [-0.05, 0) is 73.8 Å². The number of aliphatic carboxylic acids is 1. The molecule has 3 nitrogen and oxygen atoms in total. The lowest BCUT2D eigenvalue weighted by molar-refractivity contribution is -0.138. The Morgan fingerprint density at radius 3 is 2.30 bits per heavy atom. The number of carbonyl (C=O) groups is 1. The summed E-state index contributed by atoms with van der Waals surface area (Å²) in [6.45, 7) is 0. The minimum atomic E-state index is -1.01. The number of hydrogen-bond acceptors (Lipinski definition) is 2. The molecule has 0 heterocycles. The van der Waals surface area contributed by atoms with Gasteiger partial charge in [-0.1, -0.05) is 6.07 Å². The molecular formula is C14H10Br2FNO2. The summed E-state index contributed by atoms with van der Waals surface area (Å²) >= 11 is 6.68. The molecule has 0 aliphatic carbocycles. The molecule has 0 saturated heterocycles. The number of halogens is 3. The molecule has 2 aromatic carbocycles. The van der Waals surface area contributed by atoms with Crippen molar-refractivity contribution in [3.63, 3.8) is 0 Å². The van der Waals surface area contributed by atoms with Crippen LogP contribution in [0.3, 0.4) is 0 Å². The van der Waals surface area contributed by atoms with E-state index in [1.165, 1.54) is 24.3 Å². The Morgan fingerprint density at radius 1 is 1.10 bits per heavy atom. The van der Waals surface area contributed by atoms with Crippen LogP contribution in [0.15, 0.2) is 51.4 Å². The average Bonchev–Trinajstić information content (AvgIpc) is 2.41. The quantitative estimate of drug-likeness (QED) is 0.786. The molecule has 0 aliphatic heterocycles. The highest BCUT2D eigenvalue weighted by atomic mass is 79.9. The highest BCUT2D eigenvalue weighted by Gasteiger charge is 2.20. The molecule has 104 valence electrons. The minimum Gasteiger partial charge on any atom is -0.479 e. The zero-order chi connectivity index (χ0) is 14.7. The van der Waals surface area contributed by atoms with Crippen molar-refractivity contribution < 1.29 is 14.3 Å². The van der Waals surface area contributed by atoms with E-state index in [1.54, 1.807) is 18.2 Å². The number of carboxylic acids is 1. The van der Waals surface area contributed by atoms with Gasteiger partial charge in [0.15, 0.2) is 6.04 Å². The minimum absolute atomic E-state index is 0.367. The Kier molecular flexibility index (Phi) is 4.77. The van der Waals surface area contributed by atoms with E-state index < -0.39 is 12.0 Å². The molecule has 0 aromatic heterocycles. The third-order valence-electron chi connectivity index (χ3n) is 2.68. The van der Waals surface area contributed by atoms with Gasteiger partial charge in [-0.3, -0.25) is 0 Å². The van der Waals surface area contributed by atoms with Crippen LogP contribution in [0.2, 0.25) is 0 Å². The van der Waals surface area contributed by atoms with Crippen molar-refractivity contribution in [3.05, 3.63) is 62.8 Å².